The number of piperidine rings is 1. The minimum Gasteiger partial charge on any atom is -0.337 e. The number of nitrogens with zero attached hydrogens (tertiary/aromatic N) is 1. The van der Waals surface area contributed by atoms with E-state index in [0.29, 0.717) is 12.0 Å². The van der Waals surface area contributed by atoms with Crippen LogP contribution in [0.4, 0.5) is 0 Å². The van der Waals surface area contributed by atoms with E-state index in [1.54, 1.807) is 0 Å². The van der Waals surface area contributed by atoms with E-state index < -0.39 is 0 Å². The fraction of sp³-hybridized carbons (Fsp3) is 0.632. The average molecular weight is 300 g/mol. The number of hydrogen-bond acceptors (Lipinski definition) is 2. The zero-order valence-electron chi connectivity index (χ0n) is 13.6. The molecule has 1 aromatic carbocycles. The zero-order chi connectivity index (χ0) is 15.4. The first-order valence-corrected chi connectivity index (χ1v) is 8.80. The summed E-state index contributed by atoms with van der Waals surface area (Å²) in [6, 6.07) is 10.1. The number of carbonyl (C=O) groups is 1. The van der Waals surface area contributed by atoms with Gasteiger partial charge >= 0.3 is 0 Å². The molecule has 2 atom stereocenters. The molecule has 1 aromatic rings. The lowest BCUT2D eigenvalue weighted by molar-refractivity contribution is 0.0638. The predicted molar refractivity (Wildman–Crippen MR) is 89.9 cm³/mol. The number of benzene rings is 1. The van der Waals surface area contributed by atoms with Crippen molar-refractivity contribution in [2.24, 2.45) is 11.8 Å². The normalized spacial score (nSPS) is 26.3. The van der Waals surface area contributed by atoms with E-state index in [9.17, 15) is 4.79 Å². The molecule has 1 saturated heterocycles. The van der Waals surface area contributed by atoms with E-state index in [0.717, 1.165) is 31.1 Å². The highest BCUT2D eigenvalue weighted by molar-refractivity contribution is 5.94. The molecule has 3 rings (SSSR count). The van der Waals surface area contributed by atoms with Gasteiger partial charge in [-0.2, -0.15) is 0 Å². The minimum atomic E-state index is 0.180. The first kappa shape index (κ1) is 15.5. The summed E-state index contributed by atoms with van der Waals surface area (Å²) in [4.78, 5) is 14.7. The highest BCUT2D eigenvalue weighted by Gasteiger charge is 2.28. The van der Waals surface area contributed by atoms with Crippen LogP contribution in [0.25, 0.3) is 0 Å². The number of nitrogens with one attached hydrogen (secondary N) is 1. The van der Waals surface area contributed by atoms with E-state index >= 15 is 0 Å². The lowest BCUT2D eigenvalue weighted by Crippen LogP contribution is -2.51. The van der Waals surface area contributed by atoms with Gasteiger partial charge in [0, 0.05) is 24.7 Å². The van der Waals surface area contributed by atoms with Crippen LogP contribution >= 0.6 is 0 Å². The smallest absolute Gasteiger partial charge is 0.253 e. The summed E-state index contributed by atoms with van der Waals surface area (Å²) >= 11 is 0. The molecule has 1 N–H and O–H groups in total. The highest BCUT2D eigenvalue weighted by atomic mass is 16.2. The molecule has 22 heavy (non-hydrogen) atoms. The lowest BCUT2D eigenvalue weighted by atomic mass is 9.94. The molecule has 1 amide bonds. The fourth-order valence-electron chi connectivity index (χ4n) is 3.98. The first-order valence-electron chi connectivity index (χ1n) is 8.80. The maximum absolute atomic E-state index is 12.6. The summed E-state index contributed by atoms with van der Waals surface area (Å²) in [6.45, 7) is 5.12. The van der Waals surface area contributed by atoms with Gasteiger partial charge in [-0.25, -0.2) is 0 Å². The maximum atomic E-state index is 12.6. The van der Waals surface area contributed by atoms with Crippen LogP contribution in [0, 0.1) is 11.8 Å². The Labute approximate surface area is 134 Å². The summed E-state index contributed by atoms with van der Waals surface area (Å²) in [5.74, 6) is 1.61. The van der Waals surface area contributed by atoms with Crippen molar-refractivity contribution < 1.29 is 4.79 Å². The van der Waals surface area contributed by atoms with Crippen molar-refractivity contribution >= 4 is 5.91 Å². The van der Waals surface area contributed by atoms with Crippen LogP contribution in [-0.2, 0) is 0 Å². The Kier molecular flexibility index (Phi) is 5.14. The fourth-order valence-corrected chi connectivity index (χ4v) is 3.98. The second kappa shape index (κ2) is 7.28. The molecule has 1 aliphatic carbocycles. The molecule has 2 aliphatic rings. The van der Waals surface area contributed by atoms with Crippen molar-refractivity contribution in [1.29, 1.82) is 0 Å². The van der Waals surface area contributed by atoms with Crippen LogP contribution in [0.1, 0.15) is 49.4 Å². The Morgan fingerprint density at radius 3 is 2.64 bits per heavy atom. The van der Waals surface area contributed by atoms with Gasteiger partial charge < -0.3 is 10.2 Å². The Morgan fingerprint density at radius 1 is 1.18 bits per heavy atom. The van der Waals surface area contributed by atoms with Gasteiger partial charge in [0.15, 0.2) is 0 Å². The third-order valence-electron chi connectivity index (χ3n) is 5.14. The molecular weight excluding hydrogens is 272 g/mol. The van der Waals surface area contributed by atoms with E-state index in [1.165, 1.54) is 32.1 Å². The second-order valence-corrected chi connectivity index (χ2v) is 7.17. The molecule has 0 radical (unpaired) electrons. The Balaban J connectivity index is 1.57. The van der Waals surface area contributed by atoms with Crippen LogP contribution in [0.15, 0.2) is 30.3 Å². The van der Waals surface area contributed by atoms with Crippen molar-refractivity contribution in [2.75, 3.05) is 19.6 Å². The van der Waals surface area contributed by atoms with Crippen molar-refractivity contribution in [1.82, 2.24) is 10.2 Å². The van der Waals surface area contributed by atoms with Gasteiger partial charge in [0.2, 0.25) is 0 Å². The summed E-state index contributed by atoms with van der Waals surface area (Å²) < 4.78 is 0. The van der Waals surface area contributed by atoms with Gasteiger partial charge in [-0.15, -0.1) is 0 Å². The number of hydrogen-bond donors (Lipinski definition) is 1. The van der Waals surface area contributed by atoms with Crippen LogP contribution in [-0.4, -0.2) is 36.5 Å². The number of likely N-dealkylation sites (tertiary alicyclic amines) is 1. The third kappa shape index (κ3) is 3.89. The molecule has 0 aromatic heterocycles. The van der Waals surface area contributed by atoms with Crippen LogP contribution in [0.2, 0.25) is 0 Å². The number of carbonyl (C=O) groups excluding carboxylic acids is 1. The molecular formula is C19H28N2O. The van der Waals surface area contributed by atoms with Crippen LogP contribution in [0.3, 0.4) is 0 Å². The topological polar surface area (TPSA) is 32.3 Å². The van der Waals surface area contributed by atoms with Crippen molar-refractivity contribution in [2.45, 2.75) is 45.1 Å². The van der Waals surface area contributed by atoms with E-state index in [2.05, 4.69) is 12.2 Å². The Morgan fingerprint density at radius 2 is 1.91 bits per heavy atom. The number of rotatable bonds is 4. The van der Waals surface area contributed by atoms with Crippen LogP contribution in [0.5, 0.6) is 0 Å². The number of amides is 1. The summed E-state index contributed by atoms with van der Waals surface area (Å²) in [5, 5.41) is 3.74. The molecule has 2 unspecified atom stereocenters. The van der Waals surface area contributed by atoms with Crippen molar-refractivity contribution in [3.63, 3.8) is 0 Å². The largest absolute Gasteiger partial charge is 0.337 e. The van der Waals surface area contributed by atoms with Gasteiger partial charge in [0.25, 0.3) is 5.91 Å². The van der Waals surface area contributed by atoms with Crippen LogP contribution < -0.4 is 5.32 Å². The van der Waals surface area contributed by atoms with Crippen molar-refractivity contribution in [3.8, 4) is 0 Å². The van der Waals surface area contributed by atoms with E-state index in [1.807, 2.05) is 35.2 Å². The summed E-state index contributed by atoms with van der Waals surface area (Å²) in [7, 11) is 0. The molecule has 0 bridgehead atoms. The quantitative estimate of drug-likeness (QED) is 0.925. The molecule has 3 heteroatoms. The van der Waals surface area contributed by atoms with Gasteiger partial charge in [-0.1, -0.05) is 38.0 Å². The lowest BCUT2D eigenvalue weighted by Gasteiger charge is -2.37. The highest BCUT2D eigenvalue weighted by Crippen LogP contribution is 2.25. The predicted octanol–water partition coefficient (Wildman–Crippen LogP) is 3.32. The van der Waals surface area contributed by atoms with E-state index in [4.69, 9.17) is 0 Å². The SMILES string of the molecule is CC1CC(NCC2CCCC2)CN(C(=O)c2ccccc2)C1. The van der Waals surface area contributed by atoms with E-state index in [-0.39, 0.29) is 5.91 Å². The van der Waals surface area contributed by atoms with Crippen molar-refractivity contribution in [3.05, 3.63) is 35.9 Å². The molecule has 2 fully saturated rings. The Bertz CT molecular complexity index is 481. The zero-order valence-corrected chi connectivity index (χ0v) is 13.6. The summed E-state index contributed by atoms with van der Waals surface area (Å²) in [5.41, 5.74) is 0.811. The van der Waals surface area contributed by atoms with Gasteiger partial charge in [-0.05, 0) is 49.8 Å². The molecule has 120 valence electrons. The molecule has 1 saturated carbocycles. The second-order valence-electron chi connectivity index (χ2n) is 7.17. The monoisotopic (exact) mass is 300 g/mol. The maximum Gasteiger partial charge on any atom is 0.253 e. The molecule has 1 heterocycles. The third-order valence-corrected chi connectivity index (χ3v) is 5.14. The first-order chi connectivity index (χ1) is 10.7. The standard InChI is InChI=1S/C19H28N2O/c1-15-11-18(20-12-16-7-5-6-8-16)14-21(13-15)19(22)17-9-3-2-4-10-17/h2-4,9-10,15-16,18,20H,5-8,11-14H2,1H3. The summed E-state index contributed by atoms with van der Waals surface area (Å²) in [6.07, 6.45) is 6.73. The van der Waals surface area contributed by atoms with Gasteiger partial charge in [0.1, 0.15) is 0 Å². The van der Waals surface area contributed by atoms with Gasteiger partial charge in [-0.3, -0.25) is 4.79 Å². The van der Waals surface area contributed by atoms with Gasteiger partial charge in [0.05, 0.1) is 0 Å². The Hall–Kier alpha value is -1.35. The molecule has 3 nitrogen and oxygen atoms in total. The minimum absolute atomic E-state index is 0.180. The molecule has 0 spiro atoms. The molecule has 1 aliphatic heterocycles. The average Bonchev–Trinajstić information content (AvgIpc) is 3.06.